The van der Waals surface area contributed by atoms with Crippen LogP contribution in [0, 0.1) is 20.9 Å². The summed E-state index contributed by atoms with van der Waals surface area (Å²) in [6.45, 7) is 7.59. The van der Waals surface area contributed by atoms with Gasteiger partial charge in [0.25, 0.3) is 0 Å². The van der Waals surface area contributed by atoms with Gasteiger partial charge in [0.15, 0.2) is 0 Å². The fourth-order valence-corrected chi connectivity index (χ4v) is 4.48. The lowest BCUT2D eigenvalue weighted by molar-refractivity contribution is -0.383. The molecule has 0 amide bonds. The van der Waals surface area contributed by atoms with Crippen LogP contribution in [0.4, 0.5) is 17.3 Å². The first-order chi connectivity index (χ1) is 9.71. The van der Waals surface area contributed by atoms with Crippen LogP contribution in [0.25, 0.3) is 0 Å². The standard InChI is InChI=1S/C14H21N5O2/c1-13(2)4-9-5-14(3,6-13)7-18(9)12-10(19(20)21)11(15)16-8-17-12/h8-9H,4-7H2,1-3H3,(H2,15,16,17)/t9-,14-/m1/s1. The lowest BCUT2D eigenvalue weighted by atomic mass is 9.65. The smallest absolute Gasteiger partial charge is 0.353 e. The van der Waals surface area contributed by atoms with Gasteiger partial charge in [0, 0.05) is 12.6 Å². The Hall–Kier alpha value is -1.92. The van der Waals surface area contributed by atoms with Crippen LogP contribution in [-0.2, 0) is 0 Å². The molecule has 0 unspecified atom stereocenters. The number of aromatic nitrogens is 2. The van der Waals surface area contributed by atoms with Crippen LogP contribution in [0.5, 0.6) is 0 Å². The minimum atomic E-state index is -0.472. The van der Waals surface area contributed by atoms with Crippen molar-refractivity contribution in [1.29, 1.82) is 0 Å². The van der Waals surface area contributed by atoms with Gasteiger partial charge in [-0.05, 0) is 30.1 Å². The SMILES string of the molecule is CC1(C)C[C@@H]2C[C@@](C)(CN2c2ncnc(N)c2[N+](=O)[O-])C1. The van der Waals surface area contributed by atoms with Crippen LogP contribution >= 0.6 is 0 Å². The van der Waals surface area contributed by atoms with Gasteiger partial charge in [0.2, 0.25) is 11.6 Å². The van der Waals surface area contributed by atoms with Gasteiger partial charge >= 0.3 is 5.69 Å². The molecule has 3 rings (SSSR count). The van der Waals surface area contributed by atoms with E-state index >= 15 is 0 Å². The van der Waals surface area contributed by atoms with Crippen molar-refractivity contribution >= 4 is 17.3 Å². The van der Waals surface area contributed by atoms with E-state index in [1.54, 1.807) is 0 Å². The van der Waals surface area contributed by atoms with Gasteiger partial charge in [0.05, 0.1) is 4.92 Å². The van der Waals surface area contributed by atoms with Gasteiger partial charge < -0.3 is 10.6 Å². The van der Waals surface area contributed by atoms with Gasteiger partial charge in [-0.1, -0.05) is 20.8 Å². The van der Waals surface area contributed by atoms with E-state index in [1.165, 1.54) is 6.33 Å². The second-order valence-corrected chi connectivity index (χ2v) is 7.53. The van der Waals surface area contributed by atoms with Gasteiger partial charge in [0.1, 0.15) is 6.33 Å². The topological polar surface area (TPSA) is 98.2 Å². The quantitative estimate of drug-likeness (QED) is 0.663. The monoisotopic (exact) mass is 291 g/mol. The van der Waals surface area contributed by atoms with Crippen molar-refractivity contribution in [3.63, 3.8) is 0 Å². The lowest BCUT2D eigenvalue weighted by Crippen LogP contribution is -2.35. The van der Waals surface area contributed by atoms with Gasteiger partial charge in [-0.15, -0.1) is 0 Å². The molecule has 7 heteroatoms. The zero-order valence-electron chi connectivity index (χ0n) is 12.7. The van der Waals surface area contributed by atoms with Crippen molar-refractivity contribution in [2.24, 2.45) is 10.8 Å². The Morgan fingerprint density at radius 1 is 1.38 bits per heavy atom. The number of fused-ring (bicyclic) bond motifs is 2. The van der Waals surface area contributed by atoms with E-state index in [-0.39, 0.29) is 28.4 Å². The van der Waals surface area contributed by atoms with Crippen LogP contribution in [0.1, 0.15) is 40.0 Å². The predicted molar refractivity (Wildman–Crippen MR) is 80.0 cm³/mol. The normalized spacial score (nSPS) is 30.4. The highest BCUT2D eigenvalue weighted by atomic mass is 16.6. The fourth-order valence-electron chi connectivity index (χ4n) is 4.48. The molecule has 0 spiro atoms. The maximum Gasteiger partial charge on any atom is 0.353 e. The van der Waals surface area contributed by atoms with E-state index < -0.39 is 4.92 Å². The zero-order chi connectivity index (χ0) is 15.4. The molecule has 1 aliphatic heterocycles. The molecule has 0 radical (unpaired) electrons. The average molecular weight is 291 g/mol. The van der Waals surface area contributed by atoms with Gasteiger partial charge in [-0.25, -0.2) is 9.97 Å². The Kier molecular flexibility index (Phi) is 2.86. The summed E-state index contributed by atoms with van der Waals surface area (Å²) < 4.78 is 0. The minimum Gasteiger partial charge on any atom is -0.378 e. The second-order valence-electron chi connectivity index (χ2n) is 7.53. The third-order valence-corrected chi connectivity index (χ3v) is 4.70. The zero-order valence-corrected chi connectivity index (χ0v) is 12.7. The van der Waals surface area contributed by atoms with Gasteiger partial charge in [-0.2, -0.15) is 0 Å². The third-order valence-electron chi connectivity index (χ3n) is 4.70. The lowest BCUT2D eigenvalue weighted by Gasteiger charge is -2.39. The summed E-state index contributed by atoms with van der Waals surface area (Å²) in [6, 6.07) is 0.284. The van der Waals surface area contributed by atoms with E-state index in [1.807, 2.05) is 0 Å². The minimum absolute atomic E-state index is 0.0594. The molecule has 2 atom stereocenters. The summed E-state index contributed by atoms with van der Waals surface area (Å²) in [5.41, 5.74) is 5.96. The first kappa shape index (κ1) is 14.0. The number of hydrogen-bond acceptors (Lipinski definition) is 6. The largest absolute Gasteiger partial charge is 0.378 e. The summed E-state index contributed by atoms with van der Waals surface area (Å²) in [6.07, 6.45) is 4.51. The van der Waals surface area contributed by atoms with Crippen LogP contribution < -0.4 is 10.6 Å². The highest BCUT2D eigenvalue weighted by molar-refractivity contribution is 5.69. The number of nitrogen functional groups attached to an aromatic ring is 1. The Bertz CT molecular complexity index is 603. The molecule has 2 aliphatic rings. The van der Waals surface area contributed by atoms with Gasteiger partial charge in [-0.3, -0.25) is 10.1 Å². The third kappa shape index (κ3) is 2.30. The summed E-state index contributed by atoms with van der Waals surface area (Å²) in [5.74, 6) is 0.315. The van der Waals surface area contributed by atoms with Crippen molar-refractivity contribution in [3.05, 3.63) is 16.4 Å². The Morgan fingerprint density at radius 2 is 2.10 bits per heavy atom. The molecule has 0 aromatic carbocycles. The first-order valence-corrected chi connectivity index (χ1v) is 7.22. The highest BCUT2D eigenvalue weighted by Crippen LogP contribution is 2.54. The molecule has 1 saturated heterocycles. The molecule has 7 nitrogen and oxygen atoms in total. The van der Waals surface area contributed by atoms with E-state index in [4.69, 9.17) is 5.73 Å². The maximum atomic E-state index is 11.3. The van der Waals surface area contributed by atoms with E-state index in [0.717, 1.165) is 25.8 Å². The van der Waals surface area contributed by atoms with Crippen LogP contribution in [0.3, 0.4) is 0 Å². The average Bonchev–Trinajstić information content (AvgIpc) is 2.57. The molecule has 114 valence electrons. The molecule has 21 heavy (non-hydrogen) atoms. The van der Waals surface area contributed by atoms with Crippen molar-refractivity contribution in [2.45, 2.75) is 46.1 Å². The molecular weight excluding hydrogens is 270 g/mol. The van der Waals surface area contributed by atoms with Crippen molar-refractivity contribution in [2.75, 3.05) is 17.2 Å². The summed E-state index contributed by atoms with van der Waals surface area (Å²) in [7, 11) is 0. The molecule has 1 aliphatic carbocycles. The van der Waals surface area contributed by atoms with Crippen LogP contribution in [0.15, 0.2) is 6.33 Å². The van der Waals surface area contributed by atoms with Crippen molar-refractivity contribution in [3.8, 4) is 0 Å². The molecular formula is C14H21N5O2. The number of nitrogens with zero attached hydrogens (tertiary/aromatic N) is 4. The molecule has 2 heterocycles. The number of rotatable bonds is 2. The first-order valence-electron chi connectivity index (χ1n) is 7.22. The van der Waals surface area contributed by atoms with E-state index in [9.17, 15) is 10.1 Å². The maximum absolute atomic E-state index is 11.3. The van der Waals surface area contributed by atoms with Crippen LogP contribution in [0.2, 0.25) is 0 Å². The molecule has 1 aromatic heterocycles. The molecule has 2 bridgehead atoms. The molecule has 1 aromatic rings. The van der Waals surface area contributed by atoms with Crippen molar-refractivity contribution < 1.29 is 4.92 Å². The summed E-state index contributed by atoms with van der Waals surface area (Å²) >= 11 is 0. The summed E-state index contributed by atoms with van der Waals surface area (Å²) in [5, 5.41) is 11.3. The molecule has 2 N–H and O–H groups in total. The van der Waals surface area contributed by atoms with E-state index in [2.05, 4.69) is 35.6 Å². The molecule has 2 fully saturated rings. The van der Waals surface area contributed by atoms with E-state index in [0.29, 0.717) is 5.82 Å². The fraction of sp³-hybridized carbons (Fsp3) is 0.714. The number of anilines is 2. The Balaban J connectivity index is 2.04. The number of hydrogen-bond donors (Lipinski definition) is 1. The Labute approximate surface area is 123 Å². The highest BCUT2D eigenvalue weighted by Gasteiger charge is 2.51. The van der Waals surface area contributed by atoms with Crippen molar-refractivity contribution in [1.82, 2.24) is 9.97 Å². The predicted octanol–water partition coefficient (Wildman–Crippen LogP) is 2.37. The second kappa shape index (κ2) is 4.29. The summed E-state index contributed by atoms with van der Waals surface area (Å²) in [4.78, 5) is 20.9. The Morgan fingerprint density at radius 3 is 2.76 bits per heavy atom. The number of nitrogens with two attached hydrogens (primary N) is 1. The number of nitro groups is 1. The molecule has 1 saturated carbocycles. The van der Waals surface area contributed by atoms with Crippen LogP contribution in [-0.4, -0.2) is 27.5 Å².